The Kier molecular flexibility index (Phi) is 5.30. The van der Waals surface area contributed by atoms with Crippen molar-refractivity contribution in [1.82, 2.24) is 10.2 Å². The van der Waals surface area contributed by atoms with Gasteiger partial charge in [0.25, 0.3) is 0 Å². The molecule has 0 radical (unpaired) electrons. The van der Waals surface area contributed by atoms with Gasteiger partial charge in [-0.25, -0.2) is 0 Å². The monoisotopic (exact) mass is 295 g/mol. The molecule has 0 bridgehead atoms. The molecule has 1 fully saturated rings. The number of likely N-dealkylation sites (N-methyl/N-ethyl adjacent to an activating group) is 1. The summed E-state index contributed by atoms with van der Waals surface area (Å²) in [7, 11) is 4.33. The molecule has 0 amide bonds. The van der Waals surface area contributed by atoms with Crippen molar-refractivity contribution in [2.24, 2.45) is 0 Å². The van der Waals surface area contributed by atoms with Crippen molar-refractivity contribution in [3.05, 3.63) is 28.8 Å². The molecular formula is C16H26ClN3. The van der Waals surface area contributed by atoms with Crippen molar-refractivity contribution in [1.29, 1.82) is 0 Å². The first-order chi connectivity index (χ1) is 9.47. The lowest BCUT2D eigenvalue weighted by Gasteiger charge is -2.24. The second-order valence-corrected chi connectivity index (χ2v) is 6.60. The Labute approximate surface area is 127 Å². The average Bonchev–Trinajstić information content (AvgIpc) is 2.86. The minimum Gasteiger partial charge on any atom is -0.370 e. The van der Waals surface area contributed by atoms with Gasteiger partial charge in [0.1, 0.15) is 0 Å². The van der Waals surface area contributed by atoms with Crippen molar-refractivity contribution in [3.8, 4) is 0 Å². The van der Waals surface area contributed by atoms with Crippen LogP contribution >= 0.6 is 11.6 Å². The van der Waals surface area contributed by atoms with Gasteiger partial charge in [0.05, 0.1) is 0 Å². The van der Waals surface area contributed by atoms with E-state index in [1.165, 1.54) is 17.7 Å². The first kappa shape index (κ1) is 15.6. The van der Waals surface area contributed by atoms with E-state index in [-0.39, 0.29) is 0 Å². The molecule has 1 aliphatic heterocycles. The van der Waals surface area contributed by atoms with E-state index in [2.05, 4.69) is 55.2 Å². The number of nitrogens with zero attached hydrogens (tertiary/aromatic N) is 2. The molecule has 1 heterocycles. The van der Waals surface area contributed by atoms with Crippen LogP contribution in [0.3, 0.4) is 0 Å². The molecule has 0 spiro atoms. The molecule has 20 heavy (non-hydrogen) atoms. The van der Waals surface area contributed by atoms with Gasteiger partial charge >= 0.3 is 0 Å². The molecule has 0 aromatic heterocycles. The van der Waals surface area contributed by atoms with Crippen LogP contribution in [0.2, 0.25) is 5.02 Å². The van der Waals surface area contributed by atoms with Gasteiger partial charge in [0, 0.05) is 42.4 Å². The zero-order chi connectivity index (χ0) is 14.7. The Morgan fingerprint density at radius 2 is 2.15 bits per heavy atom. The van der Waals surface area contributed by atoms with E-state index >= 15 is 0 Å². The van der Waals surface area contributed by atoms with E-state index in [0.29, 0.717) is 12.1 Å². The zero-order valence-corrected chi connectivity index (χ0v) is 13.7. The molecule has 4 heteroatoms. The summed E-state index contributed by atoms with van der Waals surface area (Å²) in [5.41, 5.74) is 2.62. The number of nitrogens with one attached hydrogen (secondary N) is 1. The Balaban J connectivity index is 2.14. The summed E-state index contributed by atoms with van der Waals surface area (Å²) < 4.78 is 0. The minimum absolute atomic E-state index is 0.481. The first-order valence-corrected chi connectivity index (χ1v) is 7.78. The van der Waals surface area contributed by atoms with Crippen LogP contribution in [0.1, 0.15) is 25.8 Å². The highest BCUT2D eigenvalue weighted by atomic mass is 35.5. The number of halogens is 1. The zero-order valence-electron chi connectivity index (χ0n) is 13.0. The van der Waals surface area contributed by atoms with Crippen LogP contribution in [0.25, 0.3) is 0 Å². The molecule has 3 nitrogen and oxygen atoms in total. The Morgan fingerprint density at radius 1 is 1.40 bits per heavy atom. The number of rotatable bonds is 5. The van der Waals surface area contributed by atoms with E-state index in [1.54, 1.807) is 0 Å². The molecular weight excluding hydrogens is 270 g/mol. The first-order valence-electron chi connectivity index (χ1n) is 7.40. The van der Waals surface area contributed by atoms with E-state index in [9.17, 15) is 0 Å². The van der Waals surface area contributed by atoms with E-state index < -0.39 is 0 Å². The lowest BCUT2D eigenvalue weighted by molar-refractivity contribution is 0.315. The fraction of sp³-hybridized carbons (Fsp3) is 0.625. The molecule has 0 aliphatic carbocycles. The van der Waals surface area contributed by atoms with E-state index in [1.807, 2.05) is 6.07 Å². The highest BCUT2D eigenvalue weighted by Crippen LogP contribution is 2.28. The van der Waals surface area contributed by atoms with Crippen molar-refractivity contribution in [3.63, 3.8) is 0 Å². The second kappa shape index (κ2) is 6.79. The van der Waals surface area contributed by atoms with Crippen LogP contribution in [-0.4, -0.2) is 44.2 Å². The van der Waals surface area contributed by atoms with Gasteiger partial charge in [0.2, 0.25) is 0 Å². The smallest absolute Gasteiger partial charge is 0.0413 e. The van der Waals surface area contributed by atoms with Crippen molar-refractivity contribution in [2.45, 2.75) is 38.9 Å². The van der Waals surface area contributed by atoms with Crippen LogP contribution in [0, 0.1) is 0 Å². The third-order valence-corrected chi connectivity index (χ3v) is 4.21. The predicted octanol–water partition coefficient (Wildman–Crippen LogP) is 2.98. The molecule has 1 N–H and O–H groups in total. The molecule has 1 aliphatic rings. The summed E-state index contributed by atoms with van der Waals surface area (Å²) in [6.07, 6.45) is 1.23. The van der Waals surface area contributed by atoms with Gasteiger partial charge in [-0.2, -0.15) is 0 Å². The SMILES string of the molecule is CC(C)NCc1cc(Cl)ccc1N1CCC(N(C)C)C1. The third kappa shape index (κ3) is 3.87. The molecule has 2 rings (SSSR count). The normalized spacial score (nSPS) is 19.4. The molecule has 1 aromatic carbocycles. The predicted molar refractivity (Wildman–Crippen MR) is 87.7 cm³/mol. The molecule has 1 unspecified atom stereocenters. The highest BCUT2D eigenvalue weighted by Gasteiger charge is 2.25. The quantitative estimate of drug-likeness (QED) is 0.901. The van der Waals surface area contributed by atoms with Gasteiger partial charge in [-0.15, -0.1) is 0 Å². The van der Waals surface area contributed by atoms with Crippen LogP contribution < -0.4 is 10.2 Å². The van der Waals surface area contributed by atoms with Gasteiger partial charge in [0.15, 0.2) is 0 Å². The minimum atomic E-state index is 0.481. The molecule has 0 saturated carbocycles. The fourth-order valence-electron chi connectivity index (χ4n) is 2.70. The Morgan fingerprint density at radius 3 is 2.75 bits per heavy atom. The number of benzene rings is 1. The summed E-state index contributed by atoms with van der Waals surface area (Å²) >= 11 is 6.16. The van der Waals surface area contributed by atoms with Gasteiger partial charge in [-0.3, -0.25) is 0 Å². The average molecular weight is 296 g/mol. The van der Waals surface area contributed by atoms with Gasteiger partial charge < -0.3 is 15.1 Å². The van der Waals surface area contributed by atoms with Crippen LogP contribution in [0.4, 0.5) is 5.69 Å². The summed E-state index contributed by atoms with van der Waals surface area (Å²) in [4.78, 5) is 4.81. The van der Waals surface area contributed by atoms with E-state index in [0.717, 1.165) is 24.7 Å². The van der Waals surface area contributed by atoms with Crippen LogP contribution in [0.15, 0.2) is 18.2 Å². The number of hydrogen-bond acceptors (Lipinski definition) is 3. The topological polar surface area (TPSA) is 18.5 Å². The third-order valence-electron chi connectivity index (χ3n) is 3.98. The van der Waals surface area contributed by atoms with Gasteiger partial charge in [-0.1, -0.05) is 25.4 Å². The van der Waals surface area contributed by atoms with Crippen LogP contribution in [0.5, 0.6) is 0 Å². The van der Waals surface area contributed by atoms with Crippen molar-refractivity contribution >= 4 is 17.3 Å². The van der Waals surface area contributed by atoms with E-state index in [4.69, 9.17) is 11.6 Å². The lowest BCUT2D eigenvalue weighted by atomic mass is 10.1. The molecule has 1 saturated heterocycles. The Bertz CT molecular complexity index is 445. The number of anilines is 1. The Hall–Kier alpha value is -0.770. The maximum Gasteiger partial charge on any atom is 0.0413 e. The molecule has 1 atom stereocenters. The standard InChI is InChI=1S/C16H26ClN3/c1-12(2)18-10-13-9-14(17)5-6-16(13)20-8-7-15(11-20)19(3)4/h5-6,9,12,15,18H,7-8,10-11H2,1-4H3. The number of hydrogen-bond donors (Lipinski definition) is 1. The molecule has 1 aromatic rings. The summed E-state index contributed by atoms with van der Waals surface area (Å²) in [5, 5.41) is 4.31. The second-order valence-electron chi connectivity index (χ2n) is 6.16. The summed E-state index contributed by atoms with van der Waals surface area (Å²) in [6, 6.07) is 7.39. The maximum atomic E-state index is 6.16. The molecule has 112 valence electrons. The largest absolute Gasteiger partial charge is 0.370 e. The fourth-order valence-corrected chi connectivity index (χ4v) is 2.90. The van der Waals surface area contributed by atoms with Crippen molar-refractivity contribution in [2.75, 3.05) is 32.1 Å². The summed E-state index contributed by atoms with van der Waals surface area (Å²) in [6.45, 7) is 7.43. The van der Waals surface area contributed by atoms with Gasteiger partial charge in [-0.05, 0) is 44.3 Å². The van der Waals surface area contributed by atoms with Crippen molar-refractivity contribution < 1.29 is 0 Å². The maximum absolute atomic E-state index is 6.16. The highest BCUT2D eigenvalue weighted by molar-refractivity contribution is 6.30. The van der Waals surface area contributed by atoms with Crippen LogP contribution in [-0.2, 0) is 6.54 Å². The summed E-state index contributed by atoms with van der Waals surface area (Å²) in [5.74, 6) is 0. The lowest BCUT2D eigenvalue weighted by Crippen LogP contribution is -2.32.